The topological polar surface area (TPSA) is 46.9 Å². The van der Waals surface area contributed by atoms with Crippen LogP contribution in [0.25, 0.3) is 17.1 Å². The lowest BCUT2D eigenvalue weighted by Gasteiger charge is -2.07. The van der Waals surface area contributed by atoms with Gasteiger partial charge in [0.05, 0.1) is 11.0 Å². The Balaban J connectivity index is 1.58. The van der Waals surface area contributed by atoms with Gasteiger partial charge in [0, 0.05) is 24.2 Å². The summed E-state index contributed by atoms with van der Waals surface area (Å²) in [5.74, 6) is 0.817. The smallest absolute Gasteiger partial charge is 0.244 e. The summed E-state index contributed by atoms with van der Waals surface area (Å²) in [4.78, 5) is 16.4. The predicted molar refractivity (Wildman–Crippen MR) is 98.0 cm³/mol. The van der Waals surface area contributed by atoms with Gasteiger partial charge in [-0.3, -0.25) is 4.79 Å². The number of aromatic nitrogens is 2. The molecule has 0 aliphatic heterocycles. The Labute approximate surface area is 145 Å². The average Bonchev–Trinajstić information content (AvgIpc) is 2.89. The van der Waals surface area contributed by atoms with Crippen LogP contribution >= 0.6 is 11.6 Å². The van der Waals surface area contributed by atoms with Crippen molar-refractivity contribution in [1.82, 2.24) is 14.9 Å². The van der Waals surface area contributed by atoms with Gasteiger partial charge in [-0.25, -0.2) is 4.98 Å². The van der Waals surface area contributed by atoms with Gasteiger partial charge in [0.15, 0.2) is 0 Å². The molecule has 0 aliphatic carbocycles. The van der Waals surface area contributed by atoms with E-state index in [2.05, 4.69) is 14.9 Å². The summed E-state index contributed by atoms with van der Waals surface area (Å²) in [5.41, 5.74) is 2.95. The van der Waals surface area contributed by atoms with Crippen LogP contribution in [0.1, 0.15) is 11.4 Å². The number of carbonyl (C=O) groups is 1. The van der Waals surface area contributed by atoms with E-state index >= 15 is 0 Å². The zero-order valence-electron chi connectivity index (χ0n) is 13.4. The zero-order chi connectivity index (χ0) is 16.9. The van der Waals surface area contributed by atoms with Crippen LogP contribution in [0.5, 0.6) is 0 Å². The van der Waals surface area contributed by atoms with Crippen molar-refractivity contribution in [2.45, 2.75) is 13.5 Å². The fourth-order valence-electron chi connectivity index (χ4n) is 2.61. The van der Waals surface area contributed by atoms with Gasteiger partial charge in [-0.1, -0.05) is 35.9 Å². The minimum atomic E-state index is -0.128. The molecule has 0 saturated heterocycles. The molecule has 4 nitrogen and oxygen atoms in total. The molecule has 24 heavy (non-hydrogen) atoms. The van der Waals surface area contributed by atoms with E-state index in [0.717, 1.165) is 22.4 Å². The zero-order valence-corrected chi connectivity index (χ0v) is 14.1. The van der Waals surface area contributed by atoms with Crippen molar-refractivity contribution >= 4 is 34.6 Å². The van der Waals surface area contributed by atoms with Crippen molar-refractivity contribution in [3.63, 3.8) is 0 Å². The lowest BCUT2D eigenvalue weighted by molar-refractivity contribution is -0.116. The molecule has 1 aromatic heterocycles. The Morgan fingerprint density at radius 2 is 2.08 bits per heavy atom. The largest absolute Gasteiger partial charge is 0.351 e. The van der Waals surface area contributed by atoms with Gasteiger partial charge in [0.2, 0.25) is 5.91 Å². The van der Waals surface area contributed by atoms with Crippen LogP contribution in [0.3, 0.4) is 0 Å². The van der Waals surface area contributed by atoms with Crippen molar-refractivity contribution in [1.29, 1.82) is 0 Å². The summed E-state index contributed by atoms with van der Waals surface area (Å²) in [7, 11) is 0. The quantitative estimate of drug-likeness (QED) is 0.718. The van der Waals surface area contributed by atoms with E-state index in [0.29, 0.717) is 18.1 Å². The molecular formula is C19H18ClN3O. The number of fused-ring (bicyclic) bond motifs is 1. The average molecular weight is 340 g/mol. The van der Waals surface area contributed by atoms with Crippen molar-refractivity contribution < 1.29 is 4.79 Å². The number of imidazole rings is 1. The number of hydrogen-bond acceptors (Lipinski definition) is 2. The molecule has 3 rings (SSSR count). The molecule has 1 heterocycles. The number of benzene rings is 2. The first-order valence-electron chi connectivity index (χ1n) is 7.77. The first-order valence-corrected chi connectivity index (χ1v) is 8.14. The molecule has 0 fully saturated rings. The summed E-state index contributed by atoms with van der Waals surface area (Å²) in [5, 5.41) is 3.54. The third kappa shape index (κ3) is 3.84. The molecule has 1 N–H and O–H groups in total. The van der Waals surface area contributed by atoms with Crippen molar-refractivity contribution in [2.24, 2.45) is 0 Å². The lowest BCUT2D eigenvalue weighted by atomic mass is 10.2. The molecule has 0 aliphatic rings. The van der Waals surface area contributed by atoms with Gasteiger partial charge in [-0.05, 0) is 42.8 Å². The van der Waals surface area contributed by atoms with E-state index in [-0.39, 0.29) is 5.91 Å². The highest BCUT2D eigenvalue weighted by Crippen LogP contribution is 2.15. The normalized spacial score (nSPS) is 11.2. The number of amides is 1. The van der Waals surface area contributed by atoms with Gasteiger partial charge in [-0.2, -0.15) is 0 Å². The highest BCUT2D eigenvalue weighted by molar-refractivity contribution is 6.30. The van der Waals surface area contributed by atoms with Gasteiger partial charge < -0.3 is 9.88 Å². The van der Waals surface area contributed by atoms with Gasteiger partial charge in [0.1, 0.15) is 5.82 Å². The predicted octanol–water partition coefficient (Wildman–Crippen LogP) is 3.83. The lowest BCUT2D eigenvalue weighted by Crippen LogP contribution is -2.25. The number of hydrogen-bond donors (Lipinski definition) is 1. The SMILES string of the molecule is Cc1nc2ccccc2n1CCNC(=O)/C=C/c1cccc(Cl)c1. The summed E-state index contributed by atoms with van der Waals surface area (Å²) in [6.45, 7) is 3.20. The van der Waals surface area contributed by atoms with Gasteiger partial charge in [-0.15, -0.1) is 0 Å². The molecule has 2 aromatic carbocycles. The third-order valence-corrected chi connectivity index (χ3v) is 3.99. The second kappa shape index (κ2) is 7.32. The maximum absolute atomic E-state index is 11.9. The molecule has 3 aromatic rings. The van der Waals surface area contributed by atoms with Crippen LogP contribution in [0.2, 0.25) is 5.02 Å². The number of rotatable bonds is 5. The standard InChI is InChI=1S/C19H18ClN3O/c1-14-22-17-7-2-3-8-18(17)23(14)12-11-21-19(24)10-9-15-5-4-6-16(20)13-15/h2-10,13H,11-12H2,1H3,(H,21,24)/b10-9+. The van der Waals surface area contributed by atoms with Crippen LogP contribution in [-0.4, -0.2) is 22.0 Å². The Hall–Kier alpha value is -2.59. The second-order valence-electron chi connectivity index (χ2n) is 5.48. The molecule has 0 radical (unpaired) electrons. The van der Waals surface area contributed by atoms with E-state index in [1.807, 2.05) is 49.4 Å². The van der Waals surface area contributed by atoms with Crippen molar-refractivity contribution in [3.8, 4) is 0 Å². The number of nitrogens with one attached hydrogen (secondary N) is 1. The minimum Gasteiger partial charge on any atom is -0.351 e. The maximum atomic E-state index is 11.9. The van der Waals surface area contributed by atoms with E-state index in [1.54, 1.807) is 12.1 Å². The van der Waals surface area contributed by atoms with E-state index < -0.39 is 0 Å². The summed E-state index contributed by atoms with van der Waals surface area (Å²) >= 11 is 5.92. The second-order valence-corrected chi connectivity index (χ2v) is 5.92. The number of para-hydroxylation sites is 2. The molecule has 0 saturated carbocycles. The Bertz CT molecular complexity index is 899. The van der Waals surface area contributed by atoms with E-state index in [1.165, 1.54) is 6.08 Å². The third-order valence-electron chi connectivity index (χ3n) is 3.76. The molecular weight excluding hydrogens is 322 g/mol. The monoisotopic (exact) mass is 339 g/mol. The van der Waals surface area contributed by atoms with E-state index in [9.17, 15) is 4.79 Å². The molecule has 0 unspecified atom stereocenters. The number of halogens is 1. The Morgan fingerprint density at radius 1 is 1.25 bits per heavy atom. The maximum Gasteiger partial charge on any atom is 0.244 e. The first kappa shape index (κ1) is 16.3. The highest BCUT2D eigenvalue weighted by atomic mass is 35.5. The molecule has 122 valence electrons. The van der Waals surface area contributed by atoms with Gasteiger partial charge >= 0.3 is 0 Å². The number of nitrogens with zero attached hydrogens (tertiary/aromatic N) is 2. The molecule has 0 bridgehead atoms. The van der Waals surface area contributed by atoms with Crippen LogP contribution in [0.4, 0.5) is 0 Å². The van der Waals surface area contributed by atoms with E-state index in [4.69, 9.17) is 11.6 Å². The van der Waals surface area contributed by atoms with Crippen LogP contribution in [0, 0.1) is 6.92 Å². The van der Waals surface area contributed by atoms with Crippen LogP contribution in [0.15, 0.2) is 54.6 Å². The van der Waals surface area contributed by atoms with Crippen LogP contribution in [-0.2, 0) is 11.3 Å². The number of carbonyl (C=O) groups excluding carboxylic acids is 1. The highest BCUT2D eigenvalue weighted by Gasteiger charge is 2.06. The summed E-state index contributed by atoms with van der Waals surface area (Å²) in [6.07, 6.45) is 3.27. The molecule has 5 heteroatoms. The summed E-state index contributed by atoms with van der Waals surface area (Å²) < 4.78 is 2.11. The van der Waals surface area contributed by atoms with Gasteiger partial charge in [0.25, 0.3) is 0 Å². The Kier molecular flexibility index (Phi) is 4.96. The Morgan fingerprint density at radius 3 is 2.92 bits per heavy atom. The number of aryl methyl sites for hydroxylation is 1. The van der Waals surface area contributed by atoms with Crippen LogP contribution < -0.4 is 5.32 Å². The van der Waals surface area contributed by atoms with Crippen molar-refractivity contribution in [2.75, 3.05) is 6.54 Å². The fourth-order valence-corrected chi connectivity index (χ4v) is 2.81. The van der Waals surface area contributed by atoms with Crippen molar-refractivity contribution in [3.05, 3.63) is 71.0 Å². The summed E-state index contributed by atoms with van der Waals surface area (Å²) in [6, 6.07) is 15.4. The molecule has 0 spiro atoms. The first-order chi connectivity index (χ1) is 11.6. The molecule has 1 amide bonds. The minimum absolute atomic E-state index is 0.128. The fraction of sp³-hybridized carbons (Fsp3) is 0.158. The molecule has 0 atom stereocenters.